The lowest BCUT2D eigenvalue weighted by Gasteiger charge is -2.10. The van der Waals surface area contributed by atoms with E-state index in [0.29, 0.717) is 24.3 Å². The van der Waals surface area contributed by atoms with Gasteiger partial charge in [-0.3, -0.25) is 14.1 Å². The Morgan fingerprint density at radius 1 is 1.03 bits per heavy atom. The van der Waals surface area contributed by atoms with Gasteiger partial charge in [0.15, 0.2) is 10.8 Å². The Hall–Kier alpha value is -3.13. The van der Waals surface area contributed by atoms with E-state index in [4.69, 9.17) is 17.3 Å². The predicted molar refractivity (Wildman–Crippen MR) is 118 cm³/mol. The largest absolute Gasteiger partial charge is 0.368 e. The SMILES string of the molecule is Cc1cnc(Cn2c(=O)n(CCCn3cccc3)c3c(Cl)nc(N)nc32)c(C)c1C. The molecule has 8 nitrogen and oxygen atoms in total. The second-order valence-corrected chi connectivity index (χ2v) is 7.84. The summed E-state index contributed by atoms with van der Waals surface area (Å²) in [5, 5.41) is 0.180. The molecule has 0 radical (unpaired) electrons. The van der Waals surface area contributed by atoms with Gasteiger partial charge in [-0.05, 0) is 56.0 Å². The molecule has 4 rings (SSSR count). The minimum Gasteiger partial charge on any atom is -0.368 e. The van der Waals surface area contributed by atoms with Crippen molar-refractivity contribution in [2.24, 2.45) is 0 Å². The molecule has 0 spiro atoms. The van der Waals surface area contributed by atoms with Crippen LogP contribution in [-0.4, -0.2) is 28.7 Å². The van der Waals surface area contributed by atoms with Gasteiger partial charge in [0.05, 0.1) is 12.2 Å². The molecule has 0 saturated heterocycles. The summed E-state index contributed by atoms with van der Waals surface area (Å²) in [4.78, 5) is 26.3. The molecule has 0 unspecified atom stereocenters. The lowest BCUT2D eigenvalue weighted by molar-refractivity contribution is 0.553. The minimum atomic E-state index is -0.196. The second kappa shape index (κ2) is 7.95. The molecule has 30 heavy (non-hydrogen) atoms. The van der Waals surface area contributed by atoms with Crippen LogP contribution < -0.4 is 11.4 Å². The molecule has 0 aromatic carbocycles. The van der Waals surface area contributed by atoms with Gasteiger partial charge in [0.25, 0.3) is 0 Å². The Bertz CT molecular complexity index is 1270. The molecule has 4 aromatic heterocycles. The zero-order chi connectivity index (χ0) is 21.4. The van der Waals surface area contributed by atoms with Gasteiger partial charge >= 0.3 is 5.69 Å². The Balaban J connectivity index is 1.77. The van der Waals surface area contributed by atoms with Crippen molar-refractivity contribution in [1.82, 2.24) is 28.7 Å². The van der Waals surface area contributed by atoms with Gasteiger partial charge in [-0.25, -0.2) is 4.79 Å². The highest BCUT2D eigenvalue weighted by atomic mass is 35.5. The number of hydrogen-bond donors (Lipinski definition) is 1. The van der Waals surface area contributed by atoms with Gasteiger partial charge in [-0.1, -0.05) is 11.6 Å². The number of aromatic nitrogens is 6. The van der Waals surface area contributed by atoms with Gasteiger partial charge in [-0.15, -0.1) is 0 Å². The summed E-state index contributed by atoms with van der Waals surface area (Å²) in [6.45, 7) is 7.67. The predicted octanol–water partition coefficient (Wildman–Crippen LogP) is 3.09. The fourth-order valence-electron chi connectivity index (χ4n) is 3.65. The molecular formula is C21H24ClN7O. The maximum Gasteiger partial charge on any atom is 0.330 e. The molecule has 0 saturated carbocycles. The summed E-state index contributed by atoms with van der Waals surface area (Å²) in [6, 6.07) is 3.95. The highest BCUT2D eigenvalue weighted by Gasteiger charge is 2.20. The number of rotatable bonds is 6. The number of fused-ring (bicyclic) bond motifs is 1. The first-order valence-corrected chi connectivity index (χ1v) is 10.2. The summed E-state index contributed by atoms with van der Waals surface area (Å²) in [5.41, 5.74) is 10.7. The Morgan fingerprint density at radius 2 is 1.77 bits per heavy atom. The number of pyridine rings is 1. The average molecular weight is 426 g/mol. The number of hydrogen-bond acceptors (Lipinski definition) is 5. The first kappa shape index (κ1) is 20.2. The van der Waals surface area contributed by atoms with Crippen molar-refractivity contribution in [2.75, 3.05) is 5.73 Å². The normalized spacial score (nSPS) is 11.5. The summed E-state index contributed by atoms with van der Waals surface area (Å²) in [7, 11) is 0. The third-order valence-electron chi connectivity index (χ3n) is 5.60. The maximum atomic E-state index is 13.3. The van der Waals surface area contributed by atoms with Crippen LogP contribution in [0.15, 0.2) is 35.5 Å². The molecule has 0 aliphatic heterocycles. The van der Waals surface area contributed by atoms with Crippen LogP contribution in [0.3, 0.4) is 0 Å². The van der Waals surface area contributed by atoms with Gasteiger partial charge in [-0.2, -0.15) is 9.97 Å². The molecule has 0 bridgehead atoms. The van der Waals surface area contributed by atoms with Crippen molar-refractivity contribution in [2.45, 2.75) is 46.8 Å². The van der Waals surface area contributed by atoms with Gasteiger partial charge in [0.2, 0.25) is 5.95 Å². The topological polar surface area (TPSA) is 96.5 Å². The molecule has 0 aliphatic rings. The van der Waals surface area contributed by atoms with E-state index in [2.05, 4.69) is 26.4 Å². The van der Waals surface area contributed by atoms with Crippen LogP contribution in [0.1, 0.15) is 28.8 Å². The number of halogens is 1. The van der Waals surface area contributed by atoms with Crippen LogP contribution in [0, 0.1) is 20.8 Å². The van der Waals surface area contributed by atoms with Crippen molar-refractivity contribution >= 4 is 28.7 Å². The second-order valence-electron chi connectivity index (χ2n) is 7.48. The molecule has 0 atom stereocenters. The Morgan fingerprint density at radius 3 is 2.50 bits per heavy atom. The van der Waals surface area contributed by atoms with E-state index in [1.54, 1.807) is 9.13 Å². The smallest absolute Gasteiger partial charge is 0.330 e. The van der Waals surface area contributed by atoms with Crippen molar-refractivity contribution in [1.29, 1.82) is 0 Å². The standard InChI is InChI=1S/C21H24ClN7O/c1-13-11-24-16(15(3)14(13)2)12-29-19-17(18(22)25-20(23)26-19)28(21(29)30)10-6-9-27-7-4-5-8-27/h4-5,7-8,11H,6,9-10,12H2,1-3H3,(H2,23,25,26). The monoisotopic (exact) mass is 425 g/mol. The van der Waals surface area contributed by atoms with Crippen molar-refractivity contribution < 1.29 is 0 Å². The van der Waals surface area contributed by atoms with E-state index < -0.39 is 0 Å². The first-order chi connectivity index (χ1) is 14.4. The fourth-order valence-corrected chi connectivity index (χ4v) is 3.93. The zero-order valence-corrected chi connectivity index (χ0v) is 18.0. The summed E-state index contributed by atoms with van der Waals surface area (Å²) in [5.74, 6) is 0.0375. The highest BCUT2D eigenvalue weighted by molar-refractivity contribution is 6.33. The quantitative estimate of drug-likeness (QED) is 0.479. The highest BCUT2D eigenvalue weighted by Crippen LogP contribution is 2.23. The van der Waals surface area contributed by atoms with Gasteiger partial charge in [0.1, 0.15) is 5.52 Å². The Labute approximate surface area is 179 Å². The van der Waals surface area contributed by atoms with Crippen molar-refractivity contribution in [3.63, 3.8) is 0 Å². The maximum absolute atomic E-state index is 13.3. The third-order valence-corrected chi connectivity index (χ3v) is 5.86. The molecular weight excluding hydrogens is 402 g/mol. The molecule has 0 fully saturated rings. The van der Waals surface area contributed by atoms with E-state index in [1.807, 2.05) is 44.6 Å². The fraction of sp³-hybridized carbons (Fsp3) is 0.333. The third kappa shape index (κ3) is 3.59. The summed E-state index contributed by atoms with van der Waals surface area (Å²) < 4.78 is 5.29. The Kier molecular flexibility index (Phi) is 5.34. The van der Waals surface area contributed by atoms with Crippen LogP contribution in [-0.2, 0) is 19.6 Å². The number of nitrogens with zero attached hydrogens (tertiary/aromatic N) is 6. The molecule has 9 heteroatoms. The van der Waals surface area contributed by atoms with Crippen molar-refractivity contribution in [3.8, 4) is 0 Å². The molecule has 2 N–H and O–H groups in total. The number of aryl methyl sites for hydroxylation is 3. The van der Waals surface area contributed by atoms with Crippen LogP contribution in [0.2, 0.25) is 5.15 Å². The first-order valence-electron chi connectivity index (χ1n) is 9.81. The molecule has 0 aliphatic carbocycles. The van der Waals surface area contributed by atoms with Crippen LogP contribution in [0.25, 0.3) is 11.2 Å². The molecule has 4 heterocycles. The summed E-state index contributed by atoms with van der Waals surface area (Å²) >= 11 is 6.39. The average Bonchev–Trinajstić information content (AvgIpc) is 3.30. The zero-order valence-electron chi connectivity index (χ0n) is 17.3. The van der Waals surface area contributed by atoms with Crippen molar-refractivity contribution in [3.05, 3.63) is 68.7 Å². The van der Waals surface area contributed by atoms with E-state index in [1.165, 1.54) is 0 Å². The number of nitrogen functional groups attached to an aromatic ring is 1. The van der Waals surface area contributed by atoms with Gasteiger partial charge < -0.3 is 10.3 Å². The van der Waals surface area contributed by atoms with E-state index >= 15 is 0 Å². The summed E-state index contributed by atoms with van der Waals surface area (Å²) in [6.07, 6.45) is 6.58. The van der Waals surface area contributed by atoms with Crippen LogP contribution in [0.4, 0.5) is 5.95 Å². The number of nitrogens with two attached hydrogens (primary N) is 1. The minimum absolute atomic E-state index is 0.0375. The molecule has 4 aromatic rings. The van der Waals surface area contributed by atoms with E-state index in [-0.39, 0.29) is 16.8 Å². The van der Waals surface area contributed by atoms with Crippen LogP contribution >= 0.6 is 11.6 Å². The lowest BCUT2D eigenvalue weighted by Crippen LogP contribution is -2.26. The molecule has 156 valence electrons. The van der Waals surface area contributed by atoms with Crippen LogP contribution in [0.5, 0.6) is 0 Å². The molecule has 0 amide bonds. The number of imidazole rings is 1. The number of anilines is 1. The lowest BCUT2D eigenvalue weighted by atomic mass is 10.0. The van der Waals surface area contributed by atoms with E-state index in [9.17, 15) is 4.79 Å². The van der Waals surface area contributed by atoms with E-state index in [0.717, 1.165) is 35.3 Å². The van der Waals surface area contributed by atoms with Gasteiger partial charge in [0, 0.05) is 31.7 Å².